The Kier molecular flexibility index (Phi) is 7.63. The number of para-hydroxylation sites is 1. The Morgan fingerprint density at radius 1 is 0.900 bits per heavy atom. The number of nitrogens with one attached hydrogen (secondary N) is 1. The Bertz CT molecular complexity index is 983. The molecule has 3 aromatic carbocycles. The smallest absolute Gasteiger partial charge is 0.255 e. The summed E-state index contributed by atoms with van der Waals surface area (Å²) < 4.78 is 11.6. The minimum Gasteiger partial charge on any atom is -0.494 e. The van der Waals surface area contributed by atoms with E-state index in [0.717, 1.165) is 40.1 Å². The second-order valence-corrected chi connectivity index (χ2v) is 7.15. The van der Waals surface area contributed by atoms with Crippen LogP contribution in [0.3, 0.4) is 0 Å². The second kappa shape index (κ2) is 10.6. The lowest BCUT2D eigenvalue weighted by Gasteiger charge is -2.15. The van der Waals surface area contributed by atoms with E-state index in [1.807, 2.05) is 74.5 Å². The van der Waals surface area contributed by atoms with E-state index in [9.17, 15) is 4.79 Å². The maximum absolute atomic E-state index is 13.0. The van der Waals surface area contributed by atoms with Crippen molar-refractivity contribution in [1.82, 2.24) is 0 Å². The van der Waals surface area contributed by atoms with Crippen LogP contribution >= 0.6 is 0 Å². The SMILES string of the molecule is CCOc1ccc(C(=O)Nc2c(C)cccc2CC)cc1COCc1ccccc1. The van der Waals surface area contributed by atoms with Gasteiger partial charge in [-0.25, -0.2) is 0 Å². The van der Waals surface area contributed by atoms with E-state index in [0.29, 0.717) is 25.4 Å². The molecule has 4 heteroatoms. The lowest BCUT2D eigenvalue weighted by Crippen LogP contribution is -2.15. The van der Waals surface area contributed by atoms with Crippen LogP contribution in [-0.4, -0.2) is 12.5 Å². The zero-order valence-electron chi connectivity index (χ0n) is 17.9. The number of ether oxygens (including phenoxy) is 2. The fourth-order valence-corrected chi connectivity index (χ4v) is 3.37. The topological polar surface area (TPSA) is 47.6 Å². The Morgan fingerprint density at radius 3 is 2.43 bits per heavy atom. The van der Waals surface area contributed by atoms with Crippen LogP contribution in [-0.2, 0) is 24.4 Å². The molecular weight excluding hydrogens is 374 g/mol. The summed E-state index contributed by atoms with van der Waals surface area (Å²) >= 11 is 0. The Morgan fingerprint density at radius 2 is 1.70 bits per heavy atom. The molecule has 4 nitrogen and oxygen atoms in total. The van der Waals surface area contributed by atoms with Gasteiger partial charge in [0.15, 0.2) is 0 Å². The minimum atomic E-state index is -0.133. The largest absolute Gasteiger partial charge is 0.494 e. The second-order valence-electron chi connectivity index (χ2n) is 7.15. The first-order valence-electron chi connectivity index (χ1n) is 10.4. The highest BCUT2D eigenvalue weighted by molar-refractivity contribution is 6.05. The van der Waals surface area contributed by atoms with Crippen LogP contribution in [0.1, 0.15) is 46.5 Å². The Hall–Kier alpha value is -3.11. The average Bonchev–Trinajstić information content (AvgIpc) is 2.77. The zero-order valence-corrected chi connectivity index (χ0v) is 17.9. The third-order valence-electron chi connectivity index (χ3n) is 4.97. The van der Waals surface area contributed by atoms with Crippen LogP contribution in [0.15, 0.2) is 66.7 Å². The molecule has 0 unspecified atom stereocenters. The number of amides is 1. The third-order valence-corrected chi connectivity index (χ3v) is 4.97. The fraction of sp³-hybridized carbons (Fsp3) is 0.269. The van der Waals surface area contributed by atoms with E-state index in [4.69, 9.17) is 9.47 Å². The number of benzene rings is 3. The summed E-state index contributed by atoms with van der Waals surface area (Å²) in [6, 6.07) is 21.6. The van der Waals surface area contributed by atoms with Crippen LogP contribution < -0.4 is 10.1 Å². The van der Waals surface area contributed by atoms with Crippen molar-refractivity contribution < 1.29 is 14.3 Å². The molecular formula is C26H29NO3. The number of aryl methyl sites for hydroxylation is 2. The van der Waals surface area contributed by atoms with E-state index in [1.165, 1.54) is 0 Å². The molecule has 0 heterocycles. The summed E-state index contributed by atoms with van der Waals surface area (Å²) in [5, 5.41) is 3.09. The van der Waals surface area contributed by atoms with Crippen molar-refractivity contribution in [2.45, 2.75) is 40.4 Å². The number of carbonyl (C=O) groups is 1. The molecule has 1 N–H and O–H groups in total. The van der Waals surface area contributed by atoms with Gasteiger partial charge in [-0.2, -0.15) is 0 Å². The van der Waals surface area contributed by atoms with Crippen LogP contribution in [0.2, 0.25) is 0 Å². The Labute approximate surface area is 178 Å². The molecule has 3 aromatic rings. The van der Waals surface area contributed by atoms with Gasteiger partial charge >= 0.3 is 0 Å². The first-order valence-corrected chi connectivity index (χ1v) is 10.4. The summed E-state index contributed by atoms with van der Waals surface area (Å²) in [7, 11) is 0. The number of hydrogen-bond acceptors (Lipinski definition) is 3. The van der Waals surface area contributed by atoms with Crippen LogP contribution in [0, 0.1) is 6.92 Å². The van der Waals surface area contributed by atoms with Gasteiger partial charge in [-0.1, -0.05) is 55.5 Å². The molecule has 0 saturated carbocycles. The van der Waals surface area contributed by atoms with Gasteiger partial charge in [-0.15, -0.1) is 0 Å². The maximum Gasteiger partial charge on any atom is 0.255 e. The Balaban J connectivity index is 1.76. The molecule has 0 aliphatic carbocycles. The van der Waals surface area contributed by atoms with Gasteiger partial charge in [-0.05, 0) is 55.2 Å². The zero-order chi connectivity index (χ0) is 21.3. The third kappa shape index (κ3) is 5.49. The molecule has 1 amide bonds. The number of carbonyl (C=O) groups excluding carboxylic acids is 1. The first kappa shape index (κ1) is 21.6. The van der Waals surface area contributed by atoms with E-state index in [2.05, 4.69) is 12.2 Å². The molecule has 0 saturated heterocycles. The molecule has 3 rings (SSSR count). The lowest BCUT2D eigenvalue weighted by molar-refractivity contribution is 0.101. The van der Waals surface area contributed by atoms with Crippen molar-refractivity contribution in [3.05, 3.63) is 94.5 Å². The van der Waals surface area contributed by atoms with Crippen LogP contribution in [0.4, 0.5) is 5.69 Å². The predicted octanol–water partition coefficient (Wildman–Crippen LogP) is 5.93. The highest BCUT2D eigenvalue weighted by Crippen LogP contribution is 2.25. The summed E-state index contributed by atoms with van der Waals surface area (Å²) in [5.41, 5.74) is 5.63. The van der Waals surface area contributed by atoms with Crippen molar-refractivity contribution in [2.75, 3.05) is 11.9 Å². The van der Waals surface area contributed by atoms with Gasteiger partial charge in [-0.3, -0.25) is 4.79 Å². The number of hydrogen-bond donors (Lipinski definition) is 1. The normalized spacial score (nSPS) is 10.6. The highest BCUT2D eigenvalue weighted by atomic mass is 16.5. The molecule has 0 atom stereocenters. The number of rotatable bonds is 9. The quantitative estimate of drug-likeness (QED) is 0.482. The molecule has 0 radical (unpaired) electrons. The molecule has 0 aliphatic heterocycles. The molecule has 0 aliphatic rings. The average molecular weight is 404 g/mol. The van der Waals surface area contributed by atoms with Gasteiger partial charge in [0.1, 0.15) is 5.75 Å². The van der Waals surface area contributed by atoms with E-state index in [1.54, 1.807) is 6.07 Å². The van der Waals surface area contributed by atoms with Gasteiger partial charge in [0, 0.05) is 16.8 Å². The van der Waals surface area contributed by atoms with Gasteiger partial charge in [0.05, 0.1) is 19.8 Å². The van der Waals surface area contributed by atoms with Crippen molar-refractivity contribution in [2.24, 2.45) is 0 Å². The van der Waals surface area contributed by atoms with Crippen LogP contribution in [0.5, 0.6) is 5.75 Å². The molecule has 0 bridgehead atoms. The predicted molar refractivity (Wildman–Crippen MR) is 121 cm³/mol. The molecule has 0 spiro atoms. The summed E-state index contributed by atoms with van der Waals surface area (Å²) in [4.78, 5) is 13.0. The van der Waals surface area contributed by atoms with Gasteiger partial charge < -0.3 is 14.8 Å². The lowest BCUT2D eigenvalue weighted by atomic mass is 10.0. The van der Waals surface area contributed by atoms with Crippen LogP contribution in [0.25, 0.3) is 0 Å². The number of anilines is 1. The highest BCUT2D eigenvalue weighted by Gasteiger charge is 2.14. The van der Waals surface area contributed by atoms with Crippen molar-refractivity contribution in [3.63, 3.8) is 0 Å². The van der Waals surface area contributed by atoms with Crippen molar-refractivity contribution in [1.29, 1.82) is 0 Å². The van der Waals surface area contributed by atoms with E-state index in [-0.39, 0.29) is 5.91 Å². The molecule has 30 heavy (non-hydrogen) atoms. The maximum atomic E-state index is 13.0. The van der Waals surface area contributed by atoms with E-state index < -0.39 is 0 Å². The monoisotopic (exact) mass is 403 g/mol. The standard InChI is InChI=1S/C26H29NO3/c1-4-21-13-9-10-19(3)25(21)27-26(28)22-14-15-24(30-5-2)23(16-22)18-29-17-20-11-7-6-8-12-20/h6-16H,4-5,17-18H2,1-3H3,(H,27,28). The van der Waals surface area contributed by atoms with Gasteiger partial charge in [0.2, 0.25) is 0 Å². The fourth-order valence-electron chi connectivity index (χ4n) is 3.37. The molecule has 0 aromatic heterocycles. The summed E-state index contributed by atoms with van der Waals surface area (Å²) in [6.07, 6.45) is 0.860. The first-order chi connectivity index (χ1) is 14.6. The molecule has 0 fully saturated rings. The summed E-state index contributed by atoms with van der Waals surface area (Å²) in [5.74, 6) is 0.610. The minimum absolute atomic E-state index is 0.133. The van der Waals surface area contributed by atoms with Crippen molar-refractivity contribution >= 4 is 11.6 Å². The van der Waals surface area contributed by atoms with E-state index >= 15 is 0 Å². The summed E-state index contributed by atoms with van der Waals surface area (Å²) in [6.45, 7) is 7.47. The molecule has 156 valence electrons. The van der Waals surface area contributed by atoms with Crippen molar-refractivity contribution in [3.8, 4) is 5.75 Å². The van der Waals surface area contributed by atoms with Gasteiger partial charge in [0.25, 0.3) is 5.91 Å².